The van der Waals surface area contributed by atoms with Crippen LogP contribution in [-0.4, -0.2) is 51.6 Å². The number of hydrogen-bond donors (Lipinski definition) is 1. The van der Waals surface area contributed by atoms with Crippen LogP contribution in [0.4, 0.5) is 19.3 Å². The number of rotatable bonds is 4. The molecule has 1 fully saturated rings. The van der Waals surface area contributed by atoms with Crippen molar-refractivity contribution in [2.75, 3.05) is 31.5 Å². The Labute approximate surface area is 184 Å². The van der Waals surface area contributed by atoms with E-state index in [0.717, 1.165) is 18.6 Å². The van der Waals surface area contributed by atoms with Gasteiger partial charge in [0.05, 0.1) is 22.6 Å². The molecule has 2 amide bonds. The molecule has 0 saturated carbocycles. The predicted octanol–water partition coefficient (Wildman–Crippen LogP) is 3.51. The van der Waals surface area contributed by atoms with E-state index in [0.29, 0.717) is 42.9 Å². The SMILES string of the molecule is CCC(c1nc2ccccc2c(=O)n1C)N1CCN(C(=O)Nc2ccc(F)cc2F)CC1. The fraction of sp³-hybridized carbons (Fsp3) is 0.348. The largest absolute Gasteiger partial charge is 0.322 e. The number of hydrogen-bond acceptors (Lipinski definition) is 4. The number of carbonyl (C=O) groups excluding carboxylic acids is 1. The van der Waals surface area contributed by atoms with Crippen LogP contribution in [0.1, 0.15) is 25.2 Å². The van der Waals surface area contributed by atoms with Crippen molar-refractivity contribution in [3.8, 4) is 0 Å². The van der Waals surface area contributed by atoms with Gasteiger partial charge in [0.1, 0.15) is 17.5 Å². The van der Waals surface area contributed by atoms with Gasteiger partial charge in [-0.25, -0.2) is 18.6 Å². The van der Waals surface area contributed by atoms with Gasteiger partial charge in [0.25, 0.3) is 5.56 Å². The van der Waals surface area contributed by atoms with Gasteiger partial charge in [-0.2, -0.15) is 0 Å². The van der Waals surface area contributed by atoms with Crippen molar-refractivity contribution in [1.82, 2.24) is 19.4 Å². The smallest absolute Gasteiger partial charge is 0.322 e. The first-order valence-corrected chi connectivity index (χ1v) is 10.6. The van der Waals surface area contributed by atoms with E-state index in [1.54, 1.807) is 22.6 Å². The van der Waals surface area contributed by atoms with Crippen LogP contribution >= 0.6 is 0 Å². The molecule has 1 atom stereocenters. The van der Waals surface area contributed by atoms with Gasteiger partial charge >= 0.3 is 6.03 Å². The molecule has 3 aromatic rings. The molecule has 1 saturated heterocycles. The summed E-state index contributed by atoms with van der Waals surface area (Å²) in [7, 11) is 1.74. The summed E-state index contributed by atoms with van der Waals surface area (Å²) < 4.78 is 28.5. The Balaban J connectivity index is 1.47. The van der Waals surface area contributed by atoms with Crippen LogP contribution in [0.2, 0.25) is 0 Å². The molecule has 2 aromatic carbocycles. The van der Waals surface area contributed by atoms with Crippen LogP contribution in [0, 0.1) is 11.6 Å². The number of halogens is 2. The minimum absolute atomic E-state index is 0.0550. The third kappa shape index (κ3) is 4.20. The van der Waals surface area contributed by atoms with Crippen molar-refractivity contribution in [2.45, 2.75) is 19.4 Å². The van der Waals surface area contributed by atoms with Gasteiger partial charge in [-0.1, -0.05) is 19.1 Å². The van der Waals surface area contributed by atoms with Gasteiger partial charge in [0.2, 0.25) is 0 Å². The average Bonchev–Trinajstić information content (AvgIpc) is 2.80. The molecule has 1 aliphatic rings. The first kappa shape index (κ1) is 21.9. The number of piperazine rings is 1. The molecule has 32 heavy (non-hydrogen) atoms. The van der Waals surface area contributed by atoms with E-state index in [4.69, 9.17) is 4.98 Å². The minimum atomic E-state index is -0.814. The number of urea groups is 1. The van der Waals surface area contributed by atoms with Gasteiger partial charge in [-0.15, -0.1) is 0 Å². The van der Waals surface area contributed by atoms with Crippen LogP contribution in [0.5, 0.6) is 0 Å². The lowest BCUT2D eigenvalue weighted by molar-refractivity contribution is 0.105. The van der Waals surface area contributed by atoms with Crippen LogP contribution in [-0.2, 0) is 7.05 Å². The summed E-state index contributed by atoms with van der Waals surface area (Å²) in [5.41, 5.74) is 0.535. The number of nitrogens with zero attached hydrogens (tertiary/aromatic N) is 4. The fourth-order valence-electron chi connectivity index (χ4n) is 4.16. The number of carbonyl (C=O) groups is 1. The summed E-state index contributed by atoms with van der Waals surface area (Å²) in [4.78, 5) is 33.9. The van der Waals surface area contributed by atoms with E-state index in [-0.39, 0.29) is 17.3 Å². The molecule has 1 unspecified atom stereocenters. The van der Waals surface area contributed by atoms with Crippen molar-refractivity contribution >= 4 is 22.6 Å². The third-order valence-electron chi connectivity index (χ3n) is 5.92. The van der Waals surface area contributed by atoms with Gasteiger partial charge in [0, 0.05) is 39.3 Å². The highest BCUT2D eigenvalue weighted by molar-refractivity contribution is 5.89. The minimum Gasteiger partial charge on any atom is -0.322 e. The molecule has 1 aromatic heterocycles. The van der Waals surface area contributed by atoms with Crippen molar-refractivity contribution in [3.05, 3.63) is 70.3 Å². The maximum absolute atomic E-state index is 13.8. The summed E-state index contributed by atoms with van der Waals surface area (Å²) in [6.07, 6.45) is 0.756. The number of aromatic nitrogens is 2. The molecule has 0 spiro atoms. The second kappa shape index (κ2) is 9.04. The van der Waals surface area contributed by atoms with Crippen LogP contribution in [0.25, 0.3) is 10.9 Å². The highest BCUT2D eigenvalue weighted by atomic mass is 19.1. The Bertz CT molecular complexity index is 1200. The summed E-state index contributed by atoms with van der Waals surface area (Å²) in [6.45, 7) is 4.09. The quantitative estimate of drug-likeness (QED) is 0.673. The number of para-hydroxylation sites is 1. The summed E-state index contributed by atoms with van der Waals surface area (Å²) in [5, 5.41) is 3.09. The molecule has 4 rings (SSSR count). The van der Waals surface area contributed by atoms with Crippen LogP contribution < -0.4 is 10.9 Å². The number of benzene rings is 2. The van der Waals surface area contributed by atoms with Gasteiger partial charge < -0.3 is 10.2 Å². The first-order valence-electron chi connectivity index (χ1n) is 10.6. The maximum atomic E-state index is 13.8. The second-order valence-corrected chi connectivity index (χ2v) is 7.85. The molecular formula is C23H25F2N5O2. The highest BCUT2D eigenvalue weighted by Crippen LogP contribution is 2.25. The number of nitrogens with one attached hydrogen (secondary N) is 1. The second-order valence-electron chi connectivity index (χ2n) is 7.85. The van der Waals surface area contributed by atoms with E-state index in [1.807, 2.05) is 25.1 Å². The van der Waals surface area contributed by atoms with E-state index >= 15 is 0 Å². The zero-order chi connectivity index (χ0) is 22.8. The van der Waals surface area contributed by atoms with Crippen molar-refractivity contribution in [3.63, 3.8) is 0 Å². The van der Waals surface area contributed by atoms with Gasteiger partial charge in [-0.05, 0) is 30.7 Å². The fourth-order valence-corrected chi connectivity index (χ4v) is 4.16. The molecule has 1 N–H and O–H groups in total. The van der Waals surface area contributed by atoms with Gasteiger partial charge in [0.15, 0.2) is 0 Å². The maximum Gasteiger partial charge on any atom is 0.322 e. The third-order valence-corrected chi connectivity index (χ3v) is 5.92. The van der Waals surface area contributed by atoms with E-state index in [1.165, 1.54) is 6.07 Å². The van der Waals surface area contributed by atoms with Gasteiger partial charge in [-0.3, -0.25) is 14.3 Å². The van der Waals surface area contributed by atoms with Crippen LogP contribution in [0.15, 0.2) is 47.3 Å². The summed E-state index contributed by atoms with van der Waals surface area (Å²) in [5.74, 6) is -0.815. The molecule has 2 heterocycles. The summed E-state index contributed by atoms with van der Waals surface area (Å²) >= 11 is 0. The number of amides is 2. The Kier molecular flexibility index (Phi) is 6.18. The Morgan fingerprint density at radius 3 is 2.53 bits per heavy atom. The molecule has 7 nitrogen and oxygen atoms in total. The molecular weight excluding hydrogens is 416 g/mol. The summed E-state index contributed by atoms with van der Waals surface area (Å²) in [6, 6.07) is 9.84. The number of anilines is 1. The van der Waals surface area contributed by atoms with Crippen LogP contribution in [0.3, 0.4) is 0 Å². The first-order chi connectivity index (χ1) is 15.4. The Morgan fingerprint density at radius 1 is 1.12 bits per heavy atom. The van der Waals surface area contributed by atoms with E-state index < -0.39 is 17.7 Å². The lowest BCUT2D eigenvalue weighted by Gasteiger charge is -2.39. The van der Waals surface area contributed by atoms with E-state index in [2.05, 4.69) is 10.2 Å². The lowest BCUT2D eigenvalue weighted by Crippen LogP contribution is -2.51. The topological polar surface area (TPSA) is 70.5 Å². The standard InChI is InChI=1S/C23H25F2N5O2/c1-3-20(21-26-18-7-5-4-6-16(18)22(31)28(21)2)29-10-12-30(13-11-29)23(32)27-19-9-8-15(24)14-17(19)25/h4-9,14,20H,3,10-13H2,1-2H3,(H,27,32). The molecule has 0 radical (unpaired) electrons. The molecule has 1 aliphatic heterocycles. The lowest BCUT2D eigenvalue weighted by atomic mass is 10.1. The molecule has 9 heteroatoms. The normalized spacial score (nSPS) is 15.7. The monoisotopic (exact) mass is 441 g/mol. The van der Waals surface area contributed by atoms with Crippen molar-refractivity contribution in [2.24, 2.45) is 7.05 Å². The van der Waals surface area contributed by atoms with E-state index in [9.17, 15) is 18.4 Å². The molecule has 0 bridgehead atoms. The predicted molar refractivity (Wildman–Crippen MR) is 119 cm³/mol. The zero-order valence-electron chi connectivity index (χ0n) is 18.0. The average molecular weight is 441 g/mol. The Hall–Kier alpha value is -3.33. The molecule has 168 valence electrons. The number of fused-ring (bicyclic) bond motifs is 1. The Morgan fingerprint density at radius 2 is 1.84 bits per heavy atom. The van der Waals surface area contributed by atoms with Crippen molar-refractivity contribution in [1.29, 1.82) is 0 Å². The zero-order valence-corrected chi connectivity index (χ0v) is 18.0. The highest BCUT2D eigenvalue weighted by Gasteiger charge is 2.29. The molecule has 0 aliphatic carbocycles. The van der Waals surface area contributed by atoms with Crippen molar-refractivity contribution < 1.29 is 13.6 Å².